The summed E-state index contributed by atoms with van der Waals surface area (Å²) in [5.41, 5.74) is 6.45. The zero-order chi connectivity index (χ0) is 22.9. The molecule has 1 fully saturated rings. The molecule has 33 heavy (non-hydrogen) atoms. The third-order valence-corrected chi connectivity index (χ3v) is 7.75. The van der Waals surface area contributed by atoms with Gasteiger partial charge in [-0.2, -0.15) is 5.26 Å². The van der Waals surface area contributed by atoms with E-state index in [4.69, 9.17) is 11.6 Å². The largest absolute Gasteiger partial charge is 0.344 e. The molecule has 0 amide bonds. The first-order valence-corrected chi connectivity index (χ1v) is 12.3. The summed E-state index contributed by atoms with van der Waals surface area (Å²) < 4.78 is 0. The topological polar surface area (TPSA) is 33.5 Å². The molecule has 0 bridgehead atoms. The lowest BCUT2D eigenvalue weighted by Gasteiger charge is -2.49. The predicted molar refractivity (Wildman–Crippen MR) is 138 cm³/mol. The first-order valence-electron chi connectivity index (χ1n) is 11.0. The Kier molecular flexibility index (Phi) is 5.97. The number of halogens is 1. The number of hydrogen-bond acceptors (Lipinski definition) is 5. The molecule has 0 spiro atoms. The number of benzene rings is 3. The third kappa shape index (κ3) is 4.17. The van der Waals surface area contributed by atoms with E-state index in [1.807, 2.05) is 24.3 Å². The molecular formula is C27H25ClN4S. The average Bonchev–Trinajstić information content (AvgIpc) is 2.84. The number of thioether (sulfide) groups is 1. The fourth-order valence-electron chi connectivity index (χ4n) is 4.44. The van der Waals surface area contributed by atoms with Crippen molar-refractivity contribution in [3.05, 3.63) is 105 Å². The summed E-state index contributed by atoms with van der Waals surface area (Å²) in [4.78, 5) is 6.95. The van der Waals surface area contributed by atoms with Crippen LogP contribution in [0.15, 0.2) is 83.4 Å². The highest BCUT2D eigenvalue weighted by Crippen LogP contribution is 2.45. The quantitative estimate of drug-likeness (QED) is 0.424. The zero-order valence-corrected chi connectivity index (χ0v) is 20.3. The van der Waals surface area contributed by atoms with E-state index in [9.17, 15) is 5.26 Å². The van der Waals surface area contributed by atoms with Crippen LogP contribution in [0.4, 0.5) is 11.4 Å². The minimum Gasteiger partial charge on any atom is -0.344 e. The molecule has 0 N–H and O–H groups in total. The van der Waals surface area contributed by atoms with Gasteiger partial charge in [-0.1, -0.05) is 77.0 Å². The molecule has 1 atom stereocenters. The Hall–Kier alpha value is -3.07. The van der Waals surface area contributed by atoms with E-state index in [1.165, 1.54) is 16.8 Å². The van der Waals surface area contributed by atoms with Gasteiger partial charge >= 0.3 is 0 Å². The number of fused-ring (bicyclic) bond motifs is 1. The zero-order valence-electron chi connectivity index (χ0n) is 18.7. The van der Waals surface area contributed by atoms with Gasteiger partial charge in [-0.15, -0.1) is 0 Å². The maximum absolute atomic E-state index is 10.3. The van der Waals surface area contributed by atoms with Gasteiger partial charge in [-0.05, 0) is 49.7 Å². The third-order valence-electron chi connectivity index (χ3n) is 6.21. The highest BCUT2D eigenvalue weighted by molar-refractivity contribution is 8.03. The van der Waals surface area contributed by atoms with E-state index in [1.54, 1.807) is 11.8 Å². The lowest BCUT2D eigenvalue weighted by Crippen LogP contribution is -2.51. The van der Waals surface area contributed by atoms with Gasteiger partial charge in [0.2, 0.25) is 0 Å². The number of hydrogen-bond donors (Lipinski definition) is 0. The van der Waals surface area contributed by atoms with Crippen LogP contribution < -0.4 is 9.80 Å². The number of nitrogens with zero attached hydrogens (tertiary/aromatic N) is 4. The summed E-state index contributed by atoms with van der Waals surface area (Å²) in [5, 5.41) is 12.1. The van der Waals surface area contributed by atoms with E-state index in [0.717, 1.165) is 34.4 Å². The summed E-state index contributed by atoms with van der Waals surface area (Å²) in [7, 11) is 0. The molecule has 0 saturated carbocycles. The van der Waals surface area contributed by atoms with Gasteiger partial charge in [0.15, 0.2) is 0 Å². The Labute approximate surface area is 204 Å². The van der Waals surface area contributed by atoms with Gasteiger partial charge in [0.25, 0.3) is 0 Å². The number of aryl methyl sites for hydroxylation is 2. The lowest BCUT2D eigenvalue weighted by atomic mass is 9.96. The van der Waals surface area contributed by atoms with Gasteiger partial charge < -0.3 is 14.7 Å². The summed E-state index contributed by atoms with van der Waals surface area (Å²) >= 11 is 8.39. The Morgan fingerprint density at radius 3 is 2.12 bits per heavy atom. The first kappa shape index (κ1) is 21.8. The molecule has 1 saturated heterocycles. The molecule has 0 aromatic heterocycles. The highest BCUT2D eigenvalue weighted by atomic mass is 35.5. The van der Waals surface area contributed by atoms with Crippen LogP contribution in [0.1, 0.15) is 22.7 Å². The smallest absolute Gasteiger partial charge is 0.100 e. The molecule has 1 unspecified atom stereocenters. The predicted octanol–water partition coefficient (Wildman–Crippen LogP) is 6.68. The van der Waals surface area contributed by atoms with Crippen molar-refractivity contribution in [1.29, 1.82) is 5.26 Å². The van der Waals surface area contributed by atoms with E-state index < -0.39 is 0 Å². The molecule has 4 nitrogen and oxygen atoms in total. The minimum absolute atomic E-state index is 0.226. The molecule has 2 aliphatic rings. The number of anilines is 2. The Morgan fingerprint density at radius 2 is 1.48 bits per heavy atom. The fraction of sp³-hybridized carbons (Fsp3) is 0.222. The molecule has 2 heterocycles. The molecule has 166 valence electrons. The van der Waals surface area contributed by atoms with Gasteiger partial charge in [-0.25, -0.2) is 0 Å². The van der Waals surface area contributed by atoms with Crippen molar-refractivity contribution >= 4 is 34.7 Å². The van der Waals surface area contributed by atoms with E-state index in [0.29, 0.717) is 11.7 Å². The first-order chi connectivity index (χ1) is 16.0. The molecular weight excluding hydrogens is 448 g/mol. The van der Waals surface area contributed by atoms with E-state index in [-0.39, 0.29) is 6.04 Å². The summed E-state index contributed by atoms with van der Waals surface area (Å²) in [6.45, 7) is 5.60. The van der Waals surface area contributed by atoms with Crippen molar-refractivity contribution in [2.45, 2.75) is 19.9 Å². The SMILES string of the molecule is Cc1ccc(N2CSC3=C(C#N)C(c4ccccc4Cl)N(c4ccc(C)cc4)CN3C2)cc1. The Balaban J connectivity index is 1.58. The monoisotopic (exact) mass is 472 g/mol. The number of nitriles is 1. The molecule has 2 aliphatic heterocycles. The van der Waals surface area contributed by atoms with Crippen LogP contribution in [0, 0.1) is 25.2 Å². The van der Waals surface area contributed by atoms with Crippen molar-refractivity contribution in [3.8, 4) is 6.07 Å². The van der Waals surface area contributed by atoms with Crippen molar-refractivity contribution in [1.82, 2.24) is 4.90 Å². The Bertz CT molecular complexity index is 1230. The summed E-state index contributed by atoms with van der Waals surface area (Å²) in [5.74, 6) is 0.805. The maximum Gasteiger partial charge on any atom is 0.100 e. The Morgan fingerprint density at radius 1 is 0.848 bits per heavy atom. The highest BCUT2D eigenvalue weighted by Gasteiger charge is 2.39. The van der Waals surface area contributed by atoms with Gasteiger partial charge in [0.05, 0.1) is 35.9 Å². The summed E-state index contributed by atoms with van der Waals surface area (Å²) in [6, 6.07) is 27.3. The molecule has 5 rings (SSSR count). The van der Waals surface area contributed by atoms with Crippen molar-refractivity contribution < 1.29 is 0 Å². The average molecular weight is 473 g/mol. The maximum atomic E-state index is 10.3. The minimum atomic E-state index is -0.226. The van der Waals surface area contributed by atoms with Crippen LogP contribution in [0.2, 0.25) is 5.02 Å². The second-order valence-corrected chi connectivity index (χ2v) is 9.87. The van der Waals surface area contributed by atoms with Crippen LogP contribution >= 0.6 is 23.4 Å². The van der Waals surface area contributed by atoms with Crippen LogP contribution in [0.25, 0.3) is 0 Å². The molecule has 6 heteroatoms. The van der Waals surface area contributed by atoms with E-state index in [2.05, 4.69) is 83.1 Å². The normalized spacial score (nSPS) is 18.2. The number of rotatable bonds is 3. The molecule has 0 radical (unpaired) electrons. The van der Waals surface area contributed by atoms with Crippen molar-refractivity contribution in [2.75, 3.05) is 29.0 Å². The second-order valence-electron chi connectivity index (χ2n) is 8.53. The molecule has 0 aliphatic carbocycles. The molecule has 3 aromatic rings. The van der Waals surface area contributed by atoms with Crippen LogP contribution in [0.3, 0.4) is 0 Å². The van der Waals surface area contributed by atoms with Gasteiger partial charge in [0, 0.05) is 16.4 Å². The van der Waals surface area contributed by atoms with Gasteiger partial charge in [0.1, 0.15) is 6.07 Å². The summed E-state index contributed by atoms with van der Waals surface area (Å²) in [6.07, 6.45) is 0. The van der Waals surface area contributed by atoms with Crippen LogP contribution in [-0.2, 0) is 0 Å². The van der Waals surface area contributed by atoms with Crippen molar-refractivity contribution in [2.24, 2.45) is 0 Å². The van der Waals surface area contributed by atoms with Crippen LogP contribution in [-0.4, -0.2) is 24.1 Å². The van der Waals surface area contributed by atoms with Gasteiger partial charge in [-0.3, -0.25) is 0 Å². The van der Waals surface area contributed by atoms with E-state index >= 15 is 0 Å². The standard InChI is InChI=1S/C27H25ClN4S/c1-19-7-11-21(12-8-19)31-16-30-17-32(22-13-9-20(2)10-14-22)26(23-5-3-4-6-25(23)28)24(15-29)27(30)33-18-31/h3-14,26H,16-18H2,1-2H3. The molecule has 3 aromatic carbocycles. The van der Waals surface area contributed by atoms with Crippen molar-refractivity contribution in [3.63, 3.8) is 0 Å². The fourth-order valence-corrected chi connectivity index (χ4v) is 5.80. The lowest BCUT2D eigenvalue weighted by molar-refractivity contribution is 0.326. The second kappa shape index (κ2) is 9.05. The van der Waals surface area contributed by atoms with Crippen LogP contribution in [0.5, 0.6) is 0 Å².